The van der Waals surface area contributed by atoms with Crippen LogP contribution >= 0.6 is 0 Å². The van der Waals surface area contributed by atoms with Crippen molar-refractivity contribution in [2.75, 3.05) is 26.4 Å². The van der Waals surface area contributed by atoms with E-state index in [1.807, 2.05) is 6.92 Å². The largest absolute Gasteiger partial charge is 0.396 e. The van der Waals surface area contributed by atoms with Gasteiger partial charge in [-0.25, -0.2) is 0 Å². The molecule has 0 unspecified atom stereocenters. The lowest BCUT2D eigenvalue weighted by atomic mass is 10.0. The Hall–Kier alpha value is -0.120. The van der Waals surface area contributed by atoms with E-state index in [2.05, 4.69) is 13.8 Å². The van der Waals surface area contributed by atoms with Crippen molar-refractivity contribution in [1.29, 1.82) is 0 Å². The summed E-state index contributed by atoms with van der Waals surface area (Å²) in [6.07, 6.45) is 5.86. The molecule has 0 aromatic rings. The van der Waals surface area contributed by atoms with Crippen LogP contribution in [0.4, 0.5) is 0 Å². The van der Waals surface area contributed by atoms with Crippen molar-refractivity contribution in [2.24, 2.45) is 5.92 Å². The highest BCUT2D eigenvalue weighted by molar-refractivity contribution is 4.57. The van der Waals surface area contributed by atoms with Crippen LogP contribution in [0.25, 0.3) is 0 Å². The number of rotatable bonds is 12. The summed E-state index contributed by atoms with van der Waals surface area (Å²) in [7, 11) is 0. The number of ether oxygens (including phenoxy) is 2. The number of hydrogen-bond donors (Lipinski definition) is 1. The zero-order valence-corrected chi connectivity index (χ0v) is 11.8. The van der Waals surface area contributed by atoms with Gasteiger partial charge in [0.05, 0.1) is 12.7 Å². The maximum atomic E-state index is 8.63. The second-order valence-electron chi connectivity index (χ2n) is 4.71. The van der Waals surface area contributed by atoms with Crippen molar-refractivity contribution in [1.82, 2.24) is 0 Å². The first-order valence-corrected chi connectivity index (χ1v) is 7.04. The molecule has 0 heterocycles. The quantitative estimate of drug-likeness (QED) is 0.538. The van der Waals surface area contributed by atoms with Gasteiger partial charge in [-0.15, -0.1) is 0 Å². The van der Waals surface area contributed by atoms with Crippen molar-refractivity contribution in [3.05, 3.63) is 0 Å². The fourth-order valence-electron chi connectivity index (χ4n) is 1.70. The summed E-state index contributed by atoms with van der Waals surface area (Å²) in [5, 5.41) is 8.63. The van der Waals surface area contributed by atoms with Crippen LogP contribution in [-0.2, 0) is 9.47 Å². The first-order chi connectivity index (χ1) is 8.24. The minimum Gasteiger partial charge on any atom is -0.396 e. The van der Waals surface area contributed by atoms with Crippen LogP contribution < -0.4 is 0 Å². The van der Waals surface area contributed by atoms with Gasteiger partial charge in [-0.05, 0) is 25.7 Å². The van der Waals surface area contributed by atoms with Crippen molar-refractivity contribution in [2.45, 2.75) is 59.0 Å². The summed E-state index contributed by atoms with van der Waals surface area (Å²) >= 11 is 0. The highest BCUT2D eigenvalue weighted by atomic mass is 16.5. The molecule has 0 fully saturated rings. The predicted molar refractivity (Wildman–Crippen MR) is 71.2 cm³/mol. The van der Waals surface area contributed by atoms with Crippen LogP contribution in [-0.4, -0.2) is 37.6 Å². The maximum Gasteiger partial charge on any atom is 0.0780 e. The second kappa shape index (κ2) is 12.3. The molecule has 0 radical (unpaired) electrons. The SMILES string of the molecule is CCCC[C@H](CC)COC[C@H](C)OCCCO. The van der Waals surface area contributed by atoms with E-state index in [0.717, 1.165) is 6.61 Å². The van der Waals surface area contributed by atoms with Crippen molar-refractivity contribution in [3.63, 3.8) is 0 Å². The van der Waals surface area contributed by atoms with Crippen LogP contribution in [0.1, 0.15) is 52.9 Å². The molecule has 2 atom stereocenters. The van der Waals surface area contributed by atoms with Crippen LogP contribution in [0.5, 0.6) is 0 Å². The summed E-state index contributed by atoms with van der Waals surface area (Å²) < 4.78 is 11.2. The van der Waals surface area contributed by atoms with E-state index < -0.39 is 0 Å². The predicted octanol–water partition coefficient (Wildman–Crippen LogP) is 3.01. The third-order valence-electron chi connectivity index (χ3n) is 2.95. The van der Waals surface area contributed by atoms with E-state index in [0.29, 0.717) is 25.6 Å². The summed E-state index contributed by atoms with van der Waals surface area (Å²) in [5.41, 5.74) is 0. The van der Waals surface area contributed by atoms with Gasteiger partial charge in [-0.1, -0.05) is 33.1 Å². The van der Waals surface area contributed by atoms with E-state index in [1.54, 1.807) is 0 Å². The van der Waals surface area contributed by atoms with Gasteiger partial charge in [0.25, 0.3) is 0 Å². The minimum atomic E-state index is 0.130. The van der Waals surface area contributed by atoms with Gasteiger partial charge in [0.15, 0.2) is 0 Å². The van der Waals surface area contributed by atoms with E-state index in [1.165, 1.54) is 25.7 Å². The van der Waals surface area contributed by atoms with E-state index in [9.17, 15) is 0 Å². The number of aliphatic hydroxyl groups is 1. The molecule has 0 rings (SSSR count). The highest BCUT2D eigenvalue weighted by Gasteiger charge is 2.08. The normalized spacial score (nSPS) is 14.8. The molecule has 0 aliphatic heterocycles. The van der Waals surface area contributed by atoms with Crippen LogP contribution in [0.2, 0.25) is 0 Å². The lowest BCUT2D eigenvalue weighted by Gasteiger charge is -2.17. The second-order valence-corrected chi connectivity index (χ2v) is 4.71. The number of hydrogen-bond acceptors (Lipinski definition) is 3. The van der Waals surface area contributed by atoms with E-state index >= 15 is 0 Å². The summed E-state index contributed by atoms with van der Waals surface area (Å²) in [5.74, 6) is 0.694. The van der Waals surface area contributed by atoms with E-state index in [-0.39, 0.29) is 12.7 Å². The Kier molecular flexibility index (Phi) is 12.3. The Balaban J connectivity index is 3.45. The van der Waals surface area contributed by atoms with Gasteiger partial charge in [0.2, 0.25) is 0 Å². The Morgan fingerprint density at radius 2 is 1.88 bits per heavy atom. The van der Waals surface area contributed by atoms with Crippen LogP contribution in [0.15, 0.2) is 0 Å². The third-order valence-corrected chi connectivity index (χ3v) is 2.95. The van der Waals surface area contributed by atoms with Gasteiger partial charge >= 0.3 is 0 Å². The molecule has 3 heteroatoms. The molecule has 17 heavy (non-hydrogen) atoms. The molecule has 0 saturated carbocycles. The standard InChI is InChI=1S/C14H30O3/c1-4-6-8-14(5-2)12-16-11-13(3)17-10-7-9-15/h13-15H,4-12H2,1-3H3/t13-,14-/m0/s1. The zero-order valence-electron chi connectivity index (χ0n) is 11.8. The highest BCUT2D eigenvalue weighted by Crippen LogP contribution is 2.13. The zero-order chi connectivity index (χ0) is 12.9. The molecule has 0 aliphatic carbocycles. The fourth-order valence-corrected chi connectivity index (χ4v) is 1.70. The summed E-state index contributed by atoms with van der Waals surface area (Å²) in [6, 6.07) is 0. The first-order valence-electron chi connectivity index (χ1n) is 7.04. The average Bonchev–Trinajstić information content (AvgIpc) is 2.34. The van der Waals surface area contributed by atoms with Gasteiger partial charge in [-0.3, -0.25) is 0 Å². The Morgan fingerprint density at radius 1 is 1.12 bits per heavy atom. The van der Waals surface area contributed by atoms with Crippen molar-refractivity contribution in [3.8, 4) is 0 Å². The van der Waals surface area contributed by atoms with Gasteiger partial charge < -0.3 is 14.6 Å². The minimum absolute atomic E-state index is 0.130. The smallest absolute Gasteiger partial charge is 0.0780 e. The lowest BCUT2D eigenvalue weighted by Crippen LogP contribution is -2.20. The average molecular weight is 246 g/mol. The first kappa shape index (κ1) is 16.9. The number of aliphatic hydroxyl groups excluding tert-OH is 1. The van der Waals surface area contributed by atoms with Crippen LogP contribution in [0.3, 0.4) is 0 Å². The molecular weight excluding hydrogens is 216 g/mol. The Bertz CT molecular complexity index is 150. The van der Waals surface area contributed by atoms with Crippen molar-refractivity contribution < 1.29 is 14.6 Å². The summed E-state index contributed by atoms with van der Waals surface area (Å²) in [6.45, 7) is 8.80. The molecule has 0 saturated heterocycles. The Labute approximate surface area is 107 Å². The molecule has 0 aromatic heterocycles. The van der Waals surface area contributed by atoms with Gasteiger partial charge in [0, 0.05) is 19.8 Å². The molecule has 0 bridgehead atoms. The molecular formula is C14H30O3. The summed E-state index contributed by atoms with van der Waals surface area (Å²) in [4.78, 5) is 0. The molecule has 0 amide bonds. The number of unbranched alkanes of at least 4 members (excludes halogenated alkanes) is 1. The third kappa shape index (κ3) is 10.7. The fraction of sp³-hybridized carbons (Fsp3) is 1.00. The lowest BCUT2D eigenvalue weighted by molar-refractivity contribution is -0.0200. The topological polar surface area (TPSA) is 38.7 Å². The molecule has 3 nitrogen and oxygen atoms in total. The van der Waals surface area contributed by atoms with Crippen LogP contribution in [0, 0.1) is 5.92 Å². The molecule has 104 valence electrons. The molecule has 1 N–H and O–H groups in total. The van der Waals surface area contributed by atoms with Gasteiger partial charge in [-0.2, -0.15) is 0 Å². The van der Waals surface area contributed by atoms with Crippen molar-refractivity contribution >= 4 is 0 Å². The molecule has 0 aliphatic rings. The maximum absolute atomic E-state index is 8.63. The van der Waals surface area contributed by atoms with Gasteiger partial charge in [0.1, 0.15) is 0 Å². The molecule has 0 aromatic carbocycles. The molecule has 0 spiro atoms. The van der Waals surface area contributed by atoms with E-state index in [4.69, 9.17) is 14.6 Å². The monoisotopic (exact) mass is 246 g/mol. The Morgan fingerprint density at radius 3 is 2.47 bits per heavy atom.